The summed E-state index contributed by atoms with van der Waals surface area (Å²) < 4.78 is 0. The van der Waals surface area contributed by atoms with E-state index >= 15 is 0 Å². The van der Waals surface area contributed by atoms with E-state index in [0.717, 1.165) is 18.5 Å². The Morgan fingerprint density at radius 1 is 1.33 bits per heavy atom. The molecule has 100 valence electrons. The molecular weight excluding hydrogens is 246 g/mol. The number of hydrogen-bond acceptors (Lipinski definition) is 1. The van der Waals surface area contributed by atoms with Gasteiger partial charge in [-0.1, -0.05) is 24.3 Å². The molecule has 1 aromatic rings. The first-order valence-electron chi connectivity index (χ1n) is 6.46. The summed E-state index contributed by atoms with van der Waals surface area (Å²) in [7, 11) is 0. The van der Waals surface area contributed by atoms with Gasteiger partial charge in [0.25, 0.3) is 0 Å². The number of alkyl halides is 1. The lowest BCUT2D eigenvalue weighted by Gasteiger charge is -2.27. The highest BCUT2D eigenvalue weighted by molar-refractivity contribution is 6.17. The molecule has 1 aromatic carbocycles. The van der Waals surface area contributed by atoms with Gasteiger partial charge in [0.05, 0.1) is 6.42 Å². The van der Waals surface area contributed by atoms with Crippen LogP contribution in [0.1, 0.15) is 31.4 Å². The molecule has 18 heavy (non-hydrogen) atoms. The zero-order chi connectivity index (χ0) is 13.5. The molecule has 0 atom stereocenters. The zero-order valence-electron chi connectivity index (χ0n) is 11.4. The lowest BCUT2D eigenvalue weighted by molar-refractivity contribution is -0.132. The average Bonchev–Trinajstić information content (AvgIpc) is 2.32. The lowest BCUT2D eigenvalue weighted by Crippen LogP contribution is -2.39. The number of benzene rings is 1. The smallest absolute Gasteiger partial charge is 0.227 e. The Morgan fingerprint density at radius 2 is 2.00 bits per heavy atom. The van der Waals surface area contributed by atoms with Crippen LogP contribution in [-0.4, -0.2) is 29.3 Å². The summed E-state index contributed by atoms with van der Waals surface area (Å²) in [5, 5.41) is 0. The molecule has 0 spiro atoms. The third-order valence-electron chi connectivity index (χ3n) is 3.08. The molecule has 0 fully saturated rings. The minimum Gasteiger partial charge on any atom is -0.340 e. The van der Waals surface area contributed by atoms with Crippen LogP contribution in [0, 0.1) is 6.92 Å². The highest BCUT2D eigenvalue weighted by atomic mass is 35.5. The first-order chi connectivity index (χ1) is 8.56. The second-order valence-corrected chi connectivity index (χ2v) is 5.20. The summed E-state index contributed by atoms with van der Waals surface area (Å²) in [6, 6.07) is 8.27. The van der Waals surface area contributed by atoms with E-state index in [1.807, 2.05) is 49.9 Å². The number of nitrogens with zero attached hydrogens (tertiary/aromatic N) is 1. The molecule has 0 saturated carbocycles. The fraction of sp³-hybridized carbons (Fsp3) is 0.533. The summed E-state index contributed by atoms with van der Waals surface area (Å²) in [5.74, 6) is 0.783. The van der Waals surface area contributed by atoms with Crippen LogP contribution in [0.2, 0.25) is 0 Å². The van der Waals surface area contributed by atoms with Gasteiger partial charge in [0.2, 0.25) is 5.91 Å². The standard InChI is InChI=1S/C15H22ClNO/c1-12(2)17(10-6-9-16)15(18)11-14-8-5-4-7-13(14)3/h4-5,7-8,12H,6,9-11H2,1-3H3. The Hall–Kier alpha value is -1.02. The van der Waals surface area contributed by atoms with Gasteiger partial charge in [0, 0.05) is 18.5 Å². The van der Waals surface area contributed by atoms with Crippen molar-refractivity contribution in [1.29, 1.82) is 0 Å². The van der Waals surface area contributed by atoms with Gasteiger partial charge < -0.3 is 4.90 Å². The molecule has 0 bridgehead atoms. The Kier molecular flexibility index (Phi) is 6.20. The second kappa shape index (κ2) is 7.42. The summed E-state index contributed by atoms with van der Waals surface area (Å²) in [4.78, 5) is 14.2. The van der Waals surface area contributed by atoms with Gasteiger partial charge in [-0.2, -0.15) is 0 Å². The molecular formula is C15H22ClNO. The van der Waals surface area contributed by atoms with Crippen LogP contribution in [0.15, 0.2) is 24.3 Å². The number of aryl methyl sites for hydroxylation is 1. The maximum absolute atomic E-state index is 12.3. The molecule has 3 heteroatoms. The number of amides is 1. The molecule has 0 N–H and O–H groups in total. The molecule has 1 rings (SSSR count). The average molecular weight is 268 g/mol. The number of carbonyl (C=O) groups is 1. The molecule has 0 unspecified atom stereocenters. The molecule has 0 aliphatic rings. The zero-order valence-corrected chi connectivity index (χ0v) is 12.2. The van der Waals surface area contributed by atoms with Crippen LogP contribution in [-0.2, 0) is 11.2 Å². The Bertz CT molecular complexity index is 390. The quantitative estimate of drug-likeness (QED) is 0.724. The molecule has 0 aliphatic carbocycles. The number of carbonyl (C=O) groups excluding carboxylic acids is 1. The van der Waals surface area contributed by atoms with Crippen LogP contribution in [0.3, 0.4) is 0 Å². The minimum atomic E-state index is 0.185. The van der Waals surface area contributed by atoms with Crippen LogP contribution in [0.5, 0.6) is 0 Å². The SMILES string of the molecule is Cc1ccccc1CC(=O)N(CCCCl)C(C)C. The normalized spacial score (nSPS) is 10.7. The molecule has 2 nitrogen and oxygen atoms in total. The van der Waals surface area contributed by atoms with Crippen molar-refractivity contribution in [3.8, 4) is 0 Å². The summed E-state index contributed by atoms with van der Waals surface area (Å²) >= 11 is 5.70. The van der Waals surface area contributed by atoms with Gasteiger partial charge in [-0.3, -0.25) is 4.79 Å². The van der Waals surface area contributed by atoms with Crippen molar-refractivity contribution in [2.24, 2.45) is 0 Å². The highest BCUT2D eigenvalue weighted by Crippen LogP contribution is 2.11. The Morgan fingerprint density at radius 3 is 2.56 bits per heavy atom. The Labute approximate surface area is 115 Å². The number of halogens is 1. The third kappa shape index (κ3) is 4.34. The molecule has 0 aromatic heterocycles. The van der Waals surface area contributed by atoms with Crippen LogP contribution >= 0.6 is 11.6 Å². The van der Waals surface area contributed by atoms with E-state index in [1.165, 1.54) is 5.56 Å². The van der Waals surface area contributed by atoms with Gasteiger partial charge in [-0.25, -0.2) is 0 Å². The first kappa shape index (κ1) is 15.0. The number of rotatable bonds is 6. The maximum atomic E-state index is 12.3. The van der Waals surface area contributed by atoms with Crippen molar-refractivity contribution in [2.75, 3.05) is 12.4 Å². The van der Waals surface area contributed by atoms with E-state index < -0.39 is 0 Å². The topological polar surface area (TPSA) is 20.3 Å². The first-order valence-corrected chi connectivity index (χ1v) is 6.99. The predicted octanol–water partition coefficient (Wildman–Crippen LogP) is 3.40. The molecule has 0 heterocycles. The monoisotopic (exact) mass is 267 g/mol. The predicted molar refractivity (Wildman–Crippen MR) is 77.1 cm³/mol. The fourth-order valence-electron chi connectivity index (χ4n) is 1.97. The lowest BCUT2D eigenvalue weighted by atomic mass is 10.0. The number of hydrogen-bond donors (Lipinski definition) is 0. The van der Waals surface area contributed by atoms with Crippen molar-refractivity contribution in [3.63, 3.8) is 0 Å². The van der Waals surface area contributed by atoms with Crippen molar-refractivity contribution in [1.82, 2.24) is 4.90 Å². The van der Waals surface area contributed by atoms with Crippen molar-refractivity contribution < 1.29 is 4.79 Å². The summed E-state index contributed by atoms with van der Waals surface area (Å²) in [5.41, 5.74) is 2.28. The van der Waals surface area contributed by atoms with Crippen LogP contribution in [0.4, 0.5) is 0 Å². The van der Waals surface area contributed by atoms with Crippen LogP contribution in [0.25, 0.3) is 0 Å². The van der Waals surface area contributed by atoms with Crippen molar-refractivity contribution in [2.45, 2.75) is 39.7 Å². The third-order valence-corrected chi connectivity index (χ3v) is 3.35. The summed E-state index contributed by atoms with van der Waals surface area (Å²) in [6.45, 7) is 6.88. The van der Waals surface area contributed by atoms with E-state index in [-0.39, 0.29) is 11.9 Å². The summed E-state index contributed by atoms with van der Waals surface area (Å²) in [6.07, 6.45) is 1.33. The largest absolute Gasteiger partial charge is 0.340 e. The molecule has 0 aliphatic heterocycles. The molecule has 0 saturated heterocycles. The second-order valence-electron chi connectivity index (χ2n) is 4.83. The fourth-order valence-corrected chi connectivity index (χ4v) is 2.09. The van der Waals surface area contributed by atoms with Gasteiger partial charge in [0.15, 0.2) is 0 Å². The van der Waals surface area contributed by atoms with E-state index in [9.17, 15) is 4.79 Å². The van der Waals surface area contributed by atoms with Gasteiger partial charge in [-0.15, -0.1) is 11.6 Å². The van der Waals surface area contributed by atoms with Gasteiger partial charge >= 0.3 is 0 Å². The Balaban J connectivity index is 2.70. The van der Waals surface area contributed by atoms with E-state index in [2.05, 4.69) is 0 Å². The van der Waals surface area contributed by atoms with E-state index in [0.29, 0.717) is 12.3 Å². The van der Waals surface area contributed by atoms with E-state index in [4.69, 9.17) is 11.6 Å². The molecule has 0 radical (unpaired) electrons. The van der Waals surface area contributed by atoms with Crippen LogP contribution < -0.4 is 0 Å². The van der Waals surface area contributed by atoms with Crippen molar-refractivity contribution in [3.05, 3.63) is 35.4 Å². The minimum absolute atomic E-state index is 0.185. The highest BCUT2D eigenvalue weighted by Gasteiger charge is 2.17. The maximum Gasteiger partial charge on any atom is 0.227 e. The van der Waals surface area contributed by atoms with Crippen molar-refractivity contribution >= 4 is 17.5 Å². The molecule has 1 amide bonds. The van der Waals surface area contributed by atoms with Gasteiger partial charge in [0.1, 0.15) is 0 Å². The van der Waals surface area contributed by atoms with E-state index in [1.54, 1.807) is 0 Å². The van der Waals surface area contributed by atoms with Gasteiger partial charge in [-0.05, 0) is 38.3 Å².